The second-order valence-electron chi connectivity index (χ2n) is 7.73. The van der Waals surface area contributed by atoms with Gasteiger partial charge in [0.05, 0.1) is 12.3 Å². The largest absolute Gasteiger partial charge is 0.394 e. The topological polar surface area (TPSA) is 164 Å². The maximum Gasteiger partial charge on any atom is 0.207 e. The van der Waals surface area contributed by atoms with Crippen molar-refractivity contribution in [3.05, 3.63) is 60.6 Å². The maximum absolute atomic E-state index is 10.6. The van der Waals surface area contributed by atoms with Crippen LogP contribution >= 0.6 is 0 Å². The molecule has 5 rings (SSSR count). The number of anilines is 2. The molecule has 33 heavy (non-hydrogen) atoms. The highest BCUT2D eigenvalue weighted by Gasteiger charge is 2.45. The highest BCUT2D eigenvalue weighted by atomic mass is 16.6. The Kier molecular flexibility index (Phi) is 5.60. The summed E-state index contributed by atoms with van der Waals surface area (Å²) in [4.78, 5) is 17.1. The van der Waals surface area contributed by atoms with Gasteiger partial charge in [0.15, 0.2) is 23.2 Å². The zero-order valence-electron chi connectivity index (χ0n) is 17.5. The lowest BCUT2D eigenvalue weighted by molar-refractivity contribution is -0.0501. The smallest absolute Gasteiger partial charge is 0.207 e. The Balaban J connectivity index is 1.44. The minimum Gasteiger partial charge on any atom is -0.394 e. The van der Waals surface area contributed by atoms with Gasteiger partial charge in [-0.15, -0.1) is 0 Å². The molecular formula is C22H23N7O4. The van der Waals surface area contributed by atoms with Gasteiger partial charge in [-0.2, -0.15) is 0 Å². The summed E-state index contributed by atoms with van der Waals surface area (Å²) in [6, 6.07) is 13.7. The summed E-state index contributed by atoms with van der Waals surface area (Å²) in [5, 5.41) is 33.5. The number of nitrogens with one attached hydrogen (secondary N) is 1. The number of rotatable bonds is 6. The van der Waals surface area contributed by atoms with E-state index in [0.29, 0.717) is 23.7 Å². The molecule has 0 bridgehead atoms. The van der Waals surface area contributed by atoms with Gasteiger partial charge in [-0.1, -0.05) is 30.3 Å². The first-order valence-electron chi connectivity index (χ1n) is 10.4. The van der Waals surface area contributed by atoms with Crippen molar-refractivity contribution in [2.75, 3.05) is 17.7 Å². The highest BCUT2D eigenvalue weighted by molar-refractivity contribution is 5.84. The Morgan fingerprint density at radius 3 is 2.55 bits per heavy atom. The van der Waals surface area contributed by atoms with Crippen LogP contribution < -0.4 is 11.1 Å². The molecule has 0 radical (unpaired) electrons. The van der Waals surface area contributed by atoms with E-state index in [-0.39, 0.29) is 5.82 Å². The first kappa shape index (κ1) is 21.2. The second-order valence-corrected chi connectivity index (χ2v) is 7.73. The van der Waals surface area contributed by atoms with Crippen molar-refractivity contribution in [2.45, 2.75) is 31.1 Å². The summed E-state index contributed by atoms with van der Waals surface area (Å²) >= 11 is 0. The Morgan fingerprint density at radius 1 is 1.03 bits per heavy atom. The van der Waals surface area contributed by atoms with Crippen LogP contribution in [0.5, 0.6) is 0 Å². The molecule has 4 atom stereocenters. The number of nitrogen functional groups attached to an aromatic ring is 1. The summed E-state index contributed by atoms with van der Waals surface area (Å²) in [5.74, 6) is 0.508. The standard InChI is InChI=1S/C22H23N7O4/c23-19-16-20(27-11-26-19)29(21-18(32)17(31)15(10-30)33-21)22(28-16)25-9-12-4-6-13(7-5-12)14-3-1-2-8-24-14/h1-8,11,15,17-18,21,30-32H,9-10H2,(H,25,28)(H2,23,26,27)/t15-,17-,18-,21-/m1/s1. The normalized spacial score (nSPS) is 22.6. The van der Waals surface area contributed by atoms with E-state index in [9.17, 15) is 15.3 Å². The number of nitrogens with two attached hydrogens (primary N) is 1. The van der Waals surface area contributed by atoms with Crippen molar-refractivity contribution < 1.29 is 20.1 Å². The van der Waals surface area contributed by atoms with Gasteiger partial charge >= 0.3 is 0 Å². The van der Waals surface area contributed by atoms with E-state index in [0.717, 1.165) is 16.8 Å². The van der Waals surface area contributed by atoms with Gasteiger partial charge in [0, 0.05) is 18.3 Å². The van der Waals surface area contributed by atoms with E-state index >= 15 is 0 Å². The van der Waals surface area contributed by atoms with Crippen LogP contribution in [0.2, 0.25) is 0 Å². The molecule has 3 aromatic heterocycles. The summed E-state index contributed by atoms with van der Waals surface area (Å²) in [6.07, 6.45) is -1.48. The molecule has 1 saturated heterocycles. The van der Waals surface area contributed by atoms with E-state index in [1.807, 2.05) is 42.5 Å². The number of nitrogens with zero attached hydrogens (tertiary/aromatic N) is 5. The predicted octanol–water partition coefficient (Wildman–Crippen LogP) is 0.694. The zero-order chi connectivity index (χ0) is 22.9. The molecule has 1 aliphatic rings. The fourth-order valence-corrected chi connectivity index (χ4v) is 3.89. The van der Waals surface area contributed by atoms with E-state index in [1.165, 1.54) is 10.9 Å². The molecule has 4 heterocycles. The minimum absolute atomic E-state index is 0.174. The minimum atomic E-state index is -1.30. The number of pyridine rings is 1. The van der Waals surface area contributed by atoms with Crippen LogP contribution in [0.1, 0.15) is 11.8 Å². The van der Waals surface area contributed by atoms with Gasteiger partial charge < -0.3 is 31.1 Å². The molecule has 1 aromatic carbocycles. The van der Waals surface area contributed by atoms with Crippen molar-refractivity contribution in [1.29, 1.82) is 0 Å². The molecule has 0 aliphatic carbocycles. The van der Waals surface area contributed by atoms with Crippen LogP contribution in [0.4, 0.5) is 11.8 Å². The Labute approximate surface area is 188 Å². The molecule has 1 fully saturated rings. The van der Waals surface area contributed by atoms with Crippen molar-refractivity contribution in [1.82, 2.24) is 24.5 Å². The number of aliphatic hydroxyl groups is 3. The Hall–Kier alpha value is -3.64. The fraction of sp³-hybridized carbons (Fsp3) is 0.273. The summed E-state index contributed by atoms with van der Waals surface area (Å²) in [6.45, 7) is -0.0299. The first-order valence-corrected chi connectivity index (χ1v) is 10.4. The molecule has 11 nitrogen and oxygen atoms in total. The number of imidazole rings is 1. The number of benzene rings is 1. The summed E-state index contributed by atoms with van der Waals surface area (Å²) < 4.78 is 7.24. The number of hydrogen-bond acceptors (Lipinski definition) is 10. The number of aromatic nitrogens is 5. The van der Waals surface area contributed by atoms with Crippen molar-refractivity contribution >= 4 is 22.9 Å². The quantitative estimate of drug-likeness (QED) is 0.283. The molecule has 0 amide bonds. The number of hydrogen-bond donors (Lipinski definition) is 5. The zero-order valence-corrected chi connectivity index (χ0v) is 17.5. The molecule has 4 aromatic rings. The highest BCUT2D eigenvalue weighted by Crippen LogP contribution is 2.35. The molecule has 6 N–H and O–H groups in total. The molecule has 1 aliphatic heterocycles. The van der Waals surface area contributed by atoms with Crippen LogP contribution in [-0.2, 0) is 11.3 Å². The Bertz CT molecular complexity index is 1250. The van der Waals surface area contributed by atoms with E-state index < -0.39 is 31.1 Å². The molecular weight excluding hydrogens is 426 g/mol. The summed E-state index contributed by atoms with van der Waals surface area (Å²) in [5.41, 5.74) is 9.52. The average molecular weight is 449 g/mol. The third kappa shape index (κ3) is 3.87. The molecule has 0 saturated carbocycles. The monoisotopic (exact) mass is 449 g/mol. The maximum atomic E-state index is 10.6. The molecule has 11 heteroatoms. The van der Waals surface area contributed by atoms with Gasteiger partial charge in [-0.05, 0) is 17.7 Å². The first-order chi connectivity index (χ1) is 16.1. The molecule has 0 spiro atoms. The van der Waals surface area contributed by atoms with Crippen molar-refractivity contribution in [3.63, 3.8) is 0 Å². The van der Waals surface area contributed by atoms with Gasteiger partial charge in [0.2, 0.25) is 5.95 Å². The third-order valence-corrected chi connectivity index (χ3v) is 5.64. The number of aliphatic hydroxyl groups excluding tert-OH is 3. The lowest BCUT2D eigenvalue weighted by atomic mass is 10.1. The molecule has 170 valence electrons. The van der Waals surface area contributed by atoms with Crippen LogP contribution in [0, 0.1) is 0 Å². The number of ether oxygens (including phenoxy) is 1. The summed E-state index contributed by atoms with van der Waals surface area (Å²) in [7, 11) is 0. The van der Waals surface area contributed by atoms with E-state index in [1.54, 1.807) is 6.20 Å². The van der Waals surface area contributed by atoms with Crippen molar-refractivity contribution in [3.8, 4) is 11.3 Å². The third-order valence-electron chi connectivity index (χ3n) is 5.64. The lowest BCUT2D eigenvalue weighted by Crippen LogP contribution is -2.33. The second kappa shape index (κ2) is 8.71. The van der Waals surface area contributed by atoms with Gasteiger partial charge in [0.25, 0.3) is 0 Å². The number of fused-ring (bicyclic) bond motifs is 1. The van der Waals surface area contributed by atoms with Crippen LogP contribution in [-0.4, -0.2) is 64.7 Å². The Morgan fingerprint density at radius 2 is 1.85 bits per heavy atom. The predicted molar refractivity (Wildman–Crippen MR) is 120 cm³/mol. The van der Waals surface area contributed by atoms with E-state index in [4.69, 9.17) is 10.5 Å². The fourth-order valence-electron chi connectivity index (χ4n) is 3.89. The average Bonchev–Trinajstić information content (AvgIpc) is 3.36. The van der Waals surface area contributed by atoms with Crippen LogP contribution in [0.3, 0.4) is 0 Å². The lowest BCUT2D eigenvalue weighted by Gasteiger charge is -2.19. The van der Waals surface area contributed by atoms with Gasteiger partial charge in [-0.3, -0.25) is 9.55 Å². The van der Waals surface area contributed by atoms with Gasteiger partial charge in [0.1, 0.15) is 24.6 Å². The van der Waals surface area contributed by atoms with Crippen LogP contribution in [0.25, 0.3) is 22.4 Å². The van der Waals surface area contributed by atoms with Crippen molar-refractivity contribution in [2.24, 2.45) is 0 Å². The SMILES string of the molecule is Nc1ncnc2c1nc(NCc1ccc(-c3ccccn3)cc1)n2[C@@H]1O[C@H](CO)[C@@H](O)[C@H]1O. The van der Waals surface area contributed by atoms with E-state index in [2.05, 4.69) is 25.3 Å². The van der Waals surface area contributed by atoms with Gasteiger partial charge in [-0.25, -0.2) is 15.0 Å². The molecule has 0 unspecified atom stereocenters. The van der Waals surface area contributed by atoms with Crippen LogP contribution in [0.15, 0.2) is 55.0 Å².